The Labute approximate surface area is 154 Å². The molecule has 1 aliphatic carbocycles. The Balaban J connectivity index is 1.43. The zero-order valence-electron chi connectivity index (χ0n) is 15.1. The van der Waals surface area contributed by atoms with E-state index in [1.165, 1.54) is 22.4 Å². The van der Waals surface area contributed by atoms with Gasteiger partial charge in [0, 0.05) is 6.92 Å². The summed E-state index contributed by atoms with van der Waals surface area (Å²) in [7, 11) is -3.42. The van der Waals surface area contributed by atoms with E-state index in [4.69, 9.17) is 4.42 Å². The van der Waals surface area contributed by atoms with Crippen molar-refractivity contribution >= 4 is 10.0 Å². The molecule has 26 heavy (non-hydrogen) atoms. The summed E-state index contributed by atoms with van der Waals surface area (Å²) in [5.41, 5.74) is 2.51. The number of hydrogen-bond donors (Lipinski definition) is 1. The van der Waals surface area contributed by atoms with Crippen LogP contribution in [0.25, 0.3) is 0 Å². The number of aromatic nitrogens is 2. The van der Waals surface area contributed by atoms with Gasteiger partial charge in [0.2, 0.25) is 15.9 Å². The second-order valence-corrected chi connectivity index (χ2v) is 9.12. The van der Waals surface area contributed by atoms with Crippen LogP contribution in [0.3, 0.4) is 0 Å². The predicted molar refractivity (Wildman–Crippen MR) is 95.3 cm³/mol. The van der Waals surface area contributed by atoms with Gasteiger partial charge in [-0.1, -0.05) is 6.07 Å². The largest absolute Gasteiger partial charge is 0.420 e. The molecule has 1 aromatic heterocycles. The van der Waals surface area contributed by atoms with Crippen molar-refractivity contribution in [1.82, 2.24) is 14.5 Å². The van der Waals surface area contributed by atoms with E-state index in [0.717, 1.165) is 32.4 Å². The first kappa shape index (κ1) is 17.6. The van der Waals surface area contributed by atoms with E-state index in [-0.39, 0.29) is 0 Å². The molecule has 0 saturated carbocycles. The van der Waals surface area contributed by atoms with Gasteiger partial charge in [-0.15, -0.1) is 10.2 Å². The van der Waals surface area contributed by atoms with E-state index < -0.39 is 10.0 Å². The number of nitrogens with zero attached hydrogens (tertiary/aromatic N) is 3. The van der Waals surface area contributed by atoms with Gasteiger partial charge in [-0.2, -0.15) is 4.31 Å². The van der Waals surface area contributed by atoms with Gasteiger partial charge in [0.05, 0.1) is 31.1 Å². The Morgan fingerprint density at radius 3 is 2.54 bits per heavy atom. The number of aryl methyl sites for hydroxylation is 3. The third kappa shape index (κ3) is 3.54. The van der Waals surface area contributed by atoms with Crippen molar-refractivity contribution in [3.05, 3.63) is 41.1 Å². The maximum Gasteiger partial charge on any atom is 0.271 e. The lowest BCUT2D eigenvalue weighted by Gasteiger charge is -2.31. The highest BCUT2D eigenvalue weighted by molar-refractivity contribution is 7.89. The highest BCUT2D eigenvalue weighted by atomic mass is 32.2. The summed E-state index contributed by atoms with van der Waals surface area (Å²) < 4.78 is 33.1. The second kappa shape index (κ2) is 7.09. The molecule has 0 unspecified atom stereocenters. The maximum atomic E-state index is 13.0. The molecule has 7 nitrogen and oxygen atoms in total. The zero-order chi connectivity index (χ0) is 18.1. The van der Waals surface area contributed by atoms with Gasteiger partial charge in [-0.25, -0.2) is 8.42 Å². The van der Waals surface area contributed by atoms with Crippen LogP contribution < -0.4 is 4.90 Å². The molecule has 0 spiro atoms. The summed E-state index contributed by atoms with van der Waals surface area (Å²) >= 11 is 0. The van der Waals surface area contributed by atoms with E-state index in [1.54, 1.807) is 17.3 Å². The summed E-state index contributed by atoms with van der Waals surface area (Å²) in [6.45, 7) is 4.93. The average molecular weight is 377 g/mol. The summed E-state index contributed by atoms with van der Waals surface area (Å²) in [4.78, 5) is 1.71. The fourth-order valence-corrected chi connectivity index (χ4v) is 5.35. The van der Waals surface area contributed by atoms with Crippen molar-refractivity contribution in [2.45, 2.75) is 44.0 Å². The molecule has 0 amide bonds. The van der Waals surface area contributed by atoms with Crippen LogP contribution in [0.4, 0.5) is 0 Å². The number of piperazine rings is 1. The standard InChI is InChI=1S/C18H24N4O3S/c1-14-19-20-18(25-14)13-21-8-10-22(11-9-21)26(23,24)17-7-6-15-4-2-3-5-16(15)12-17/h6-7,12H,2-5,8-11,13H2,1H3/p+1. The molecule has 2 aromatic rings. The Morgan fingerprint density at radius 2 is 1.85 bits per heavy atom. The van der Waals surface area contributed by atoms with Gasteiger partial charge in [0.25, 0.3) is 5.89 Å². The minimum atomic E-state index is -3.42. The molecule has 8 heteroatoms. The lowest BCUT2D eigenvalue weighted by Crippen LogP contribution is -3.13. The molecule has 2 aliphatic rings. The van der Waals surface area contributed by atoms with Gasteiger partial charge in [0.1, 0.15) is 0 Å². The number of fused-ring (bicyclic) bond motifs is 1. The molecule has 1 N–H and O–H groups in total. The normalized spacial score (nSPS) is 19.4. The van der Waals surface area contributed by atoms with E-state index in [0.29, 0.717) is 36.3 Å². The third-order valence-electron chi connectivity index (χ3n) is 5.36. The van der Waals surface area contributed by atoms with Crippen LogP contribution in [0.2, 0.25) is 0 Å². The summed E-state index contributed by atoms with van der Waals surface area (Å²) in [6.07, 6.45) is 4.39. The molecular weight excluding hydrogens is 352 g/mol. The monoisotopic (exact) mass is 377 g/mol. The minimum Gasteiger partial charge on any atom is -0.420 e. The molecule has 140 valence electrons. The van der Waals surface area contributed by atoms with Crippen LogP contribution in [-0.2, 0) is 29.4 Å². The quantitative estimate of drug-likeness (QED) is 0.831. The van der Waals surface area contributed by atoms with Crippen LogP contribution in [0.5, 0.6) is 0 Å². The number of benzene rings is 1. The van der Waals surface area contributed by atoms with Crippen LogP contribution >= 0.6 is 0 Å². The maximum absolute atomic E-state index is 13.0. The van der Waals surface area contributed by atoms with Gasteiger partial charge < -0.3 is 9.32 Å². The van der Waals surface area contributed by atoms with E-state index in [2.05, 4.69) is 10.2 Å². The Morgan fingerprint density at radius 1 is 1.12 bits per heavy atom. The van der Waals surface area contributed by atoms with Crippen molar-refractivity contribution in [2.75, 3.05) is 26.2 Å². The Hall–Kier alpha value is -1.77. The predicted octanol–water partition coefficient (Wildman–Crippen LogP) is 0.346. The first-order chi connectivity index (χ1) is 12.5. The van der Waals surface area contributed by atoms with Gasteiger partial charge >= 0.3 is 0 Å². The second-order valence-electron chi connectivity index (χ2n) is 7.18. The van der Waals surface area contributed by atoms with Gasteiger partial charge in [-0.05, 0) is 48.9 Å². The van der Waals surface area contributed by atoms with E-state index >= 15 is 0 Å². The number of hydrogen-bond acceptors (Lipinski definition) is 5. The molecule has 1 saturated heterocycles. The van der Waals surface area contributed by atoms with E-state index in [9.17, 15) is 8.42 Å². The average Bonchev–Trinajstić information content (AvgIpc) is 3.06. The number of sulfonamides is 1. The molecule has 0 bridgehead atoms. The SMILES string of the molecule is Cc1nnc(C[NH+]2CCN(S(=O)(=O)c3ccc4c(c3)CCCC4)CC2)o1. The van der Waals surface area contributed by atoms with Crippen LogP contribution in [0, 0.1) is 6.92 Å². The number of quaternary nitrogens is 1. The summed E-state index contributed by atoms with van der Waals surface area (Å²) in [5.74, 6) is 1.18. The molecule has 0 radical (unpaired) electrons. The first-order valence-corrected chi connectivity index (χ1v) is 10.7. The lowest BCUT2D eigenvalue weighted by molar-refractivity contribution is -0.918. The number of nitrogens with one attached hydrogen (secondary N) is 1. The van der Waals surface area contributed by atoms with Crippen LogP contribution in [0.15, 0.2) is 27.5 Å². The molecule has 2 heterocycles. The smallest absolute Gasteiger partial charge is 0.271 e. The summed E-state index contributed by atoms with van der Waals surface area (Å²) in [5, 5.41) is 7.87. The first-order valence-electron chi connectivity index (χ1n) is 9.27. The zero-order valence-corrected chi connectivity index (χ0v) is 15.9. The van der Waals surface area contributed by atoms with E-state index in [1.807, 2.05) is 12.1 Å². The highest BCUT2D eigenvalue weighted by Crippen LogP contribution is 2.25. The minimum absolute atomic E-state index is 0.439. The van der Waals surface area contributed by atoms with Crippen LogP contribution in [-0.4, -0.2) is 49.1 Å². The molecular formula is C18H25N4O3S+. The number of rotatable bonds is 4. The Bertz CT molecular complexity index is 886. The van der Waals surface area contributed by atoms with Crippen molar-refractivity contribution in [3.63, 3.8) is 0 Å². The van der Waals surface area contributed by atoms with Crippen LogP contribution in [0.1, 0.15) is 35.7 Å². The fraction of sp³-hybridized carbons (Fsp3) is 0.556. The van der Waals surface area contributed by atoms with Crippen molar-refractivity contribution in [3.8, 4) is 0 Å². The van der Waals surface area contributed by atoms with Gasteiger partial charge in [0.15, 0.2) is 6.54 Å². The van der Waals surface area contributed by atoms with Crippen molar-refractivity contribution in [2.24, 2.45) is 0 Å². The molecule has 1 aliphatic heterocycles. The molecule has 1 aromatic carbocycles. The highest BCUT2D eigenvalue weighted by Gasteiger charge is 2.31. The molecule has 1 fully saturated rings. The summed E-state index contributed by atoms with van der Waals surface area (Å²) in [6, 6.07) is 5.67. The Kier molecular flexibility index (Phi) is 4.81. The lowest BCUT2D eigenvalue weighted by atomic mass is 9.92. The van der Waals surface area contributed by atoms with Crippen molar-refractivity contribution < 1.29 is 17.7 Å². The fourth-order valence-electron chi connectivity index (χ4n) is 3.86. The van der Waals surface area contributed by atoms with Crippen molar-refractivity contribution in [1.29, 1.82) is 0 Å². The molecule has 4 rings (SSSR count). The molecule has 0 atom stereocenters. The topological polar surface area (TPSA) is 80.7 Å². The third-order valence-corrected chi connectivity index (χ3v) is 7.25. The van der Waals surface area contributed by atoms with Gasteiger partial charge in [-0.3, -0.25) is 0 Å².